The van der Waals surface area contributed by atoms with Crippen LogP contribution < -0.4 is 0 Å². The van der Waals surface area contributed by atoms with Crippen LogP contribution in [0.3, 0.4) is 0 Å². The van der Waals surface area contributed by atoms with Gasteiger partial charge in [0, 0.05) is 25.9 Å². The first-order chi connectivity index (χ1) is 9.70. The summed E-state index contributed by atoms with van der Waals surface area (Å²) in [5, 5.41) is 7.45. The molecular formula is C14H19N3O3. The molecular weight excluding hydrogens is 258 g/mol. The van der Waals surface area contributed by atoms with Crippen LogP contribution in [0.1, 0.15) is 36.0 Å². The Bertz CT molecular complexity index is 464. The molecule has 108 valence electrons. The second kappa shape index (κ2) is 5.46. The molecule has 1 spiro atoms. The van der Waals surface area contributed by atoms with Gasteiger partial charge in [-0.1, -0.05) is 0 Å². The number of nitrogens with zero attached hydrogens (tertiary/aromatic N) is 3. The lowest BCUT2D eigenvalue weighted by molar-refractivity contribution is -0.182. The highest BCUT2D eigenvalue weighted by atomic mass is 16.7. The average molecular weight is 277 g/mol. The van der Waals surface area contributed by atoms with Crippen LogP contribution in [0.4, 0.5) is 0 Å². The molecule has 0 aromatic carbocycles. The van der Waals surface area contributed by atoms with Gasteiger partial charge in [0.15, 0.2) is 5.79 Å². The first-order valence-electron chi connectivity index (χ1n) is 7.02. The number of hydrogen-bond donors (Lipinski definition) is 0. The maximum absolute atomic E-state index is 12.4. The minimum absolute atomic E-state index is 0.00545. The summed E-state index contributed by atoms with van der Waals surface area (Å²) in [7, 11) is 1.85. The van der Waals surface area contributed by atoms with Crippen molar-refractivity contribution < 1.29 is 14.3 Å². The molecule has 1 aromatic heterocycles. The van der Waals surface area contributed by atoms with E-state index in [0.717, 1.165) is 25.7 Å². The zero-order valence-electron chi connectivity index (χ0n) is 11.6. The molecule has 1 amide bonds. The smallest absolute Gasteiger partial charge is 0.255 e. The van der Waals surface area contributed by atoms with Crippen LogP contribution in [0.15, 0.2) is 18.5 Å². The van der Waals surface area contributed by atoms with Crippen molar-refractivity contribution in [2.45, 2.75) is 37.5 Å². The summed E-state index contributed by atoms with van der Waals surface area (Å²) in [6.07, 6.45) is 6.55. The molecule has 0 radical (unpaired) electrons. The van der Waals surface area contributed by atoms with E-state index in [0.29, 0.717) is 18.8 Å². The maximum Gasteiger partial charge on any atom is 0.255 e. The van der Waals surface area contributed by atoms with Crippen LogP contribution in [0.5, 0.6) is 0 Å². The highest BCUT2D eigenvalue weighted by molar-refractivity contribution is 5.93. The summed E-state index contributed by atoms with van der Waals surface area (Å²) in [4.78, 5) is 14.2. The van der Waals surface area contributed by atoms with Gasteiger partial charge in [0.2, 0.25) is 0 Å². The quantitative estimate of drug-likeness (QED) is 0.813. The van der Waals surface area contributed by atoms with Crippen molar-refractivity contribution >= 4 is 5.91 Å². The average Bonchev–Trinajstić information content (AvgIpc) is 2.96. The summed E-state index contributed by atoms with van der Waals surface area (Å²) in [5.41, 5.74) is 0.580. The molecule has 3 rings (SSSR count). The summed E-state index contributed by atoms with van der Waals surface area (Å²) in [6.45, 7) is 1.37. The molecule has 1 aliphatic carbocycles. The van der Waals surface area contributed by atoms with Gasteiger partial charge in [-0.3, -0.25) is 4.79 Å². The number of aromatic nitrogens is 2. The molecule has 0 N–H and O–H groups in total. The van der Waals surface area contributed by atoms with Gasteiger partial charge >= 0.3 is 0 Å². The van der Waals surface area contributed by atoms with Crippen molar-refractivity contribution in [3.05, 3.63) is 24.0 Å². The Hall–Kier alpha value is -1.53. The van der Waals surface area contributed by atoms with Gasteiger partial charge in [-0.2, -0.15) is 10.2 Å². The summed E-state index contributed by atoms with van der Waals surface area (Å²) in [6, 6.07) is 1.92. The molecule has 6 nitrogen and oxygen atoms in total. The van der Waals surface area contributed by atoms with Gasteiger partial charge in [-0.05, 0) is 18.9 Å². The number of ether oxygens (including phenoxy) is 2. The Morgan fingerprint density at radius 1 is 1.30 bits per heavy atom. The number of hydrogen-bond acceptors (Lipinski definition) is 5. The van der Waals surface area contributed by atoms with Crippen molar-refractivity contribution in [1.82, 2.24) is 15.1 Å². The molecule has 2 fully saturated rings. The van der Waals surface area contributed by atoms with Gasteiger partial charge in [-0.15, -0.1) is 0 Å². The van der Waals surface area contributed by atoms with E-state index in [1.165, 1.54) is 12.4 Å². The highest BCUT2D eigenvalue weighted by Gasteiger charge is 2.41. The number of carbonyl (C=O) groups excluding carboxylic acids is 1. The molecule has 1 aliphatic heterocycles. The predicted octanol–water partition coefficient (Wildman–Crippen LogP) is 1.23. The van der Waals surface area contributed by atoms with E-state index < -0.39 is 0 Å². The molecule has 0 unspecified atom stereocenters. The Balaban J connectivity index is 1.61. The third-order valence-corrected chi connectivity index (χ3v) is 4.23. The number of rotatable bonds is 2. The fourth-order valence-electron chi connectivity index (χ4n) is 3.00. The van der Waals surface area contributed by atoms with Gasteiger partial charge in [0.25, 0.3) is 5.91 Å². The lowest BCUT2D eigenvalue weighted by atomic mass is 9.89. The summed E-state index contributed by atoms with van der Waals surface area (Å²) in [5.74, 6) is -0.382. The van der Waals surface area contributed by atoms with E-state index in [-0.39, 0.29) is 17.7 Å². The number of carbonyl (C=O) groups is 1. The van der Waals surface area contributed by atoms with Crippen LogP contribution in [-0.2, 0) is 9.47 Å². The van der Waals surface area contributed by atoms with E-state index in [4.69, 9.17) is 9.47 Å². The molecule has 20 heavy (non-hydrogen) atoms. The van der Waals surface area contributed by atoms with Gasteiger partial charge in [0.05, 0.1) is 31.2 Å². The molecule has 6 heteroatoms. The van der Waals surface area contributed by atoms with Gasteiger partial charge < -0.3 is 14.4 Å². The summed E-state index contributed by atoms with van der Waals surface area (Å²) < 4.78 is 11.4. The maximum atomic E-state index is 12.4. The van der Waals surface area contributed by atoms with Crippen molar-refractivity contribution in [3.8, 4) is 0 Å². The van der Waals surface area contributed by atoms with Crippen LogP contribution in [-0.4, -0.2) is 53.1 Å². The molecule has 2 heterocycles. The minimum atomic E-state index is -0.376. The zero-order valence-corrected chi connectivity index (χ0v) is 11.6. The predicted molar refractivity (Wildman–Crippen MR) is 71.0 cm³/mol. The van der Waals surface area contributed by atoms with Crippen LogP contribution >= 0.6 is 0 Å². The first kappa shape index (κ1) is 13.5. The fraction of sp³-hybridized carbons (Fsp3) is 0.643. The van der Waals surface area contributed by atoms with E-state index >= 15 is 0 Å². The fourth-order valence-corrected chi connectivity index (χ4v) is 3.00. The highest BCUT2D eigenvalue weighted by Crippen LogP contribution is 2.37. The summed E-state index contributed by atoms with van der Waals surface area (Å²) >= 11 is 0. The molecule has 0 bridgehead atoms. The van der Waals surface area contributed by atoms with Crippen LogP contribution in [0.2, 0.25) is 0 Å². The number of amides is 1. The zero-order chi connectivity index (χ0) is 14.0. The van der Waals surface area contributed by atoms with Gasteiger partial charge in [-0.25, -0.2) is 0 Å². The lowest BCUT2D eigenvalue weighted by Crippen LogP contribution is -2.44. The Morgan fingerprint density at radius 3 is 2.60 bits per heavy atom. The third kappa shape index (κ3) is 2.53. The Morgan fingerprint density at radius 2 is 2.00 bits per heavy atom. The van der Waals surface area contributed by atoms with E-state index in [1.54, 1.807) is 11.0 Å². The molecule has 0 atom stereocenters. The van der Waals surface area contributed by atoms with Crippen LogP contribution in [0, 0.1) is 0 Å². The van der Waals surface area contributed by atoms with Crippen molar-refractivity contribution in [1.29, 1.82) is 0 Å². The van der Waals surface area contributed by atoms with Crippen molar-refractivity contribution in [3.63, 3.8) is 0 Å². The Kier molecular flexibility index (Phi) is 3.67. The third-order valence-electron chi connectivity index (χ3n) is 4.23. The standard InChI is InChI=1S/C14H19N3O3/c1-17(13(18)11-4-7-15-16-10-11)12-2-5-14(6-3-12)19-8-9-20-14/h4,7,10,12H,2-3,5-6,8-9H2,1H3. The SMILES string of the molecule is CN(C(=O)c1ccnnc1)C1CCC2(CC1)OCCO2. The molecule has 1 aromatic rings. The molecule has 2 aliphatic rings. The van der Waals surface area contributed by atoms with Crippen LogP contribution in [0.25, 0.3) is 0 Å². The monoisotopic (exact) mass is 277 g/mol. The van der Waals surface area contributed by atoms with Crippen molar-refractivity contribution in [2.24, 2.45) is 0 Å². The second-order valence-corrected chi connectivity index (χ2v) is 5.39. The first-order valence-corrected chi connectivity index (χ1v) is 7.02. The molecule has 1 saturated heterocycles. The van der Waals surface area contributed by atoms with Crippen molar-refractivity contribution in [2.75, 3.05) is 20.3 Å². The largest absolute Gasteiger partial charge is 0.348 e. The lowest BCUT2D eigenvalue weighted by Gasteiger charge is -2.39. The topological polar surface area (TPSA) is 64.6 Å². The van der Waals surface area contributed by atoms with E-state index in [2.05, 4.69) is 10.2 Å². The second-order valence-electron chi connectivity index (χ2n) is 5.39. The molecule has 1 saturated carbocycles. The van der Waals surface area contributed by atoms with E-state index in [1.807, 2.05) is 7.05 Å². The van der Waals surface area contributed by atoms with E-state index in [9.17, 15) is 4.79 Å². The Labute approximate surface area is 118 Å². The minimum Gasteiger partial charge on any atom is -0.348 e. The normalized spacial score (nSPS) is 22.1. The van der Waals surface area contributed by atoms with Gasteiger partial charge in [0.1, 0.15) is 0 Å².